The van der Waals surface area contributed by atoms with Crippen LogP contribution in [0.5, 0.6) is 0 Å². The lowest BCUT2D eigenvalue weighted by Gasteiger charge is -2.34. The van der Waals surface area contributed by atoms with Gasteiger partial charge in [-0.05, 0) is 37.7 Å². The molecule has 1 aromatic rings. The molecule has 0 saturated carbocycles. The zero-order chi connectivity index (χ0) is 28.2. The summed E-state index contributed by atoms with van der Waals surface area (Å²) in [5, 5.41) is 26.5. The number of nitrogens with one attached hydrogen (secondary N) is 4. The van der Waals surface area contributed by atoms with E-state index >= 15 is 0 Å². The number of aliphatic hydroxyl groups excluding tert-OH is 1. The van der Waals surface area contributed by atoms with Gasteiger partial charge < -0.3 is 31.1 Å². The highest BCUT2D eigenvalue weighted by atomic mass is 35.5. The third-order valence-electron chi connectivity index (χ3n) is 6.35. The Morgan fingerprint density at radius 1 is 1.32 bits per heavy atom. The van der Waals surface area contributed by atoms with Crippen LogP contribution >= 0.6 is 11.6 Å². The lowest BCUT2D eigenvalue weighted by atomic mass is 10.0. The number of amides is 2. The average Bonchev–Trinajstić information content (AvgIpc) is 3.37. The first kappa shape index (κ1) is 31.3. The van der Waals surface area contributed by atoms with Crippen LogP contribution in [0.25, 0.3) is 0 Å². The van der Waals surface area contributed by atoms with E-state index in [-0.39, 0.29) is 24.9 Å². The number of ketones is 1. The van der Waals surface area contributed by atoms with E-state index in [0.717, 1.165) is 0 Å². The Balaban J connectivity index is 2.01. The molecule has 1 heterocycles. The molecule has 1 aromatic carbocycles. The predicted octanol–water partition coefficient (Wildman–Crippen LogP) is 1.66. The number of carbonyl (C=O) groups is 3. The van der Waals surface area contributed by atoms with Crippen LogP contribution in [0.1, 0.15) is 45.1 Å². The molecule has 0 aliphatic carbocycles. The van der Waals surface area contributed by atoms with Gasteiger partial charge in [0.2, 0.25) is 5.91 Å². The Morgan fingerprint density at radius 2 is 2.03 bits per heavy atom. The van der Waals surface area contributed by atoms with Gasteiger partial charge in [-0.25, -0.2) is 9.18 Å². The van der Waals surface area contributed by atoms with E-state index in [9.17, 15) is 23.9 Å². The Morgan fingerprint density at radius 3 is 2.66 bits per heavy atom. The average molecular weight is 557 g/mol. The smallest absolute Gasteiger partial charge is 0.408 e. The number of benzene rings is 1. The number of carbonyl (C=O) groups excluding carboxylic acids is 3. The molecule has 0 aromatic heterocycles. The van der Waals surface area contributed by atoms with Crippen molar-refractivity contribution >= 4 is 35.3 Å². The van der Waals surface area contributed by atoms with Crippen molar-refractivity contribution in [3.63, 3.8) is 0 Å². The van der Waals surface area contributed by atoms with Crippen LogP contribution in [-0.2, 0) is 20.9 Å². The molecular formula is C25H38ClFN6O5. The number of ether oxygens (including phenoxy) is 1. The van der Waals surface area contributed by atoms with E-state index in [1.807, 2.05) is 0 Å². The quantitative estimate of drug-likeness (QED) is 0.0869. The van der Waals surface area contributed by atoms with Crippen LogP contribution in [0.4, 0.5) is 9.18 Å². The van der Waals surface area contributed by atoms with Crippen molar-refractivity contribution < 1.29 is 28.6 Å². The van der Waals surface area contributed by atoms with Gasteiger partial charge in [0.1, 0.15) is 25.6 Å². The summed E-state index contributed by atoms with van der Waals surface area (Å²) in [6.45, 7) is 2.96. The maximum atomic E-state index is 13.4. The second kappa shape index (κ2) is 15.5. The number of halogens is 2. The Hall–Kier alpha value is -2.96. The number of likely N-dealkylation sites (tertiary alicyclic amines) is 1. The monoisotopic (exact) mass is 556 g/mol. The number of nitrogens with two attached hydrogens (primary N) is 1. The highest BCUT2D eigenvalue weighted by Gasteiger charge is 2.39. The number of aliphatic hydroxyl groups is 1. The minimum Gasteiger partial charge on any atom is -0.445 e. The van der Waals surface area contributed by atoms with E-state index in [1.54, 1.807) is 38.1 Å². The maximum Gasteiger partial charge on any atom is 0.408 e. The molecule has 1 saturated heterocycles. The van der Waals surface area contributed by atoms with Gasteiger partial charge in [-0.2, -0.15) is 0 Å². The molecule has 7 N–H and O–H groups in total. The van der Waals surface area contributed by atoms with Crippen molar-refractivity contribution in [2.75, 3.05) is 19.8 Å². The SMILES string of the molecule is CC(C)[C@H](NC(=O)OCc1ccccc1Cl)C(=O)N1CCC[C@H]1C(O)N[C@@H](CCCNC(=N)N)C(=O)CF. The number of nitrogens with zero attached hydrogens (tertiary/aromatic N) is 1. The molecule has 0 radical (unpaired) electrons. The summed E-state index contributed by atoms with van der Waals surface area (Å²) < 4.78 is 18.4. The first-order chi connectivity index (χ1) is 18.0. The number of hydrogen-bond donors (Lipinski definition) is 6. The van der Waals surface area contributed by atoms with Crippen molar-refractivity contribution in [1.82, 2.24) is 20.9 Å². The second-order valence-electron chi connectivity index (χ2n) is 9.52. The molecule has 1 aliphatic rings. The lowest BCUT2D eigenvalue weighted by molar-refractivity contribution is -0.138. The molecule has 11 nitrogen and oxygen atoms in total. The molecular weight excluding hydrogens is 519 g/mol. The number of Topliss-reactive ketones (excluding diaryl/α,β-unsaturated/α-hetero) is 1. The third-order valence-corrected chi connectivity index (χ3v) is 6.72. The summed E-state index contributed by atoms with van der Waals surface area (Å²) in [6.07, 6.45) is -0.389. The van der Waals surface area contributed by atoms with Gasteiger partial charge in [0.25, 0.3) is 0 Å². The molecule has 212 valence electrons. The van der Waals surface area contributed by atoms with Crippen LogP contribution < -0.4 is 21.7 Å². The first-order valence-electron chi connectivity index (χ1n) is 12.6. The van der Waals surface area contributed by atoms with Gasteiger partial charge in [-0.1, -0.05) is 43.6 Å². The third kappa shape index (κ3) is 9.41. The van der Waals surface area contributed by atoms with Gasteiger partial charge in [-0.15, -0.1) is 0 Å². The number of guanidine groups is 1. The number of hydrogen-bond acceptors (Lipinski definition) is 7. The van der Waals surface area contributed by atoms with Crippen LogP contribution in [0, 0.1) is 11.3 Å². The van der Waals surface area contributed by atoms with E-state index in [2.05, 4.69) is 16.0 Å². The summed E-state index contributed by atoms with van der Waals surface area (Å²) in [6, 6.07) is 4.38. The van der Waals surface area contributed by atoms with Gasteiger partial charge in [0.15, 0.2) is 11.7 Å². The van der Waals surface area contributed by atoms with Gasteiger partial charge in [-0.3, -0.25) is 20.3 Å². The van der Waals surface area contributed by atoms with Crippen LogP contribution in [0.3, 0.4) is 0 Å². The fraction of sp³-hybridized carbons (Fsp3) is 0.600. The zero-order valence-corrected chi connectivity index (χ0v) is 22.5. The summed E-state index contributed by atoms with van der Waals surface area (Å²) in [4.78, 5) is 39.5. The highest BCUT2D eigenvalue weighted by Crippen LogP contribution is 2.23. The standard InChI is InChI=1S/C25H38ClFN6O5/c1-15(2)21(32-25(37)38-14-16-7-3-4-8-17(16)26)23(36)33-12-6-10-19(33)22(35)31-18(20(34)13-27)9-5-11-30-24(28)29/h3-4,7-8,15,18-19,21-22,31,35H,5-6,9-14H2,1-2H3,(H,32,37)(H4,28,29,30)/t18-,19-,21-,22?/m0/s1. The topological polar surface area (TPSA) is 170 Å². The molecule has 1 aliphatic heterocycles. The number of alkyl halides is 1. The molecule has 2 amide bonds. The van der Waals surface area contributed by atoms with E-state index < -0.39 is 48.8 Å². The summed E-state index contributed by atoms with van der Waals surface area (Å²) in [7, 11) is 0. The van der Waals surface area contributed by atoms with Crippen LogP contribution in [0.2, 0.25) is 5.02 Å². The molecule has 38 heavy (non-hydrogen) atoms. The molecule has 1 fully saturated rings. The van der Waals surface area contributed by atoms with Crippen molar-refractivity contribution in [3.8, 4) is 0 Å². The number of rotatable bonds is 14. The summed E-state index contributed by atoms with van der Waals surface area (Å²) >= 11 is 6.10. The zero-order valence-electron chi connectivity index (χ0n) is 21.7. The summed E-state index contributed by atoms with van der Waals surface area (Å²) in [5.74, 6) is -1.60. The normalized spacial score (nSPS) is 17.5. The first-order valence-corrected chi connectivity index (χ1v) is 13.0. The Kier molecular flexibility index (Phi) is 12.7. The summed E-state index contributed by atoms with van der Waals surface area (Å²) in [5.41, 5.74) is 5.87. The van der Waals surface area contributed by atoms with Gasteiger partial charge in [0.05, 0.1) is 12.1 Å². The van der Waals surface area contributed by atoms with Gasteiger partial charge >= 0.3 is 6.09 Å². The van der Waals surface area contributed by atoms with Crippen LogP contribution in [0.15, 0.2) is 24.3 Å². The highest BCUT2D eigenvalue weighted by molar-refractivity contribution is 6.31. The molecule has 0 bridgehead atoms. The molecule has 13 heteroatoms. The Bertz CT molecular complexity index is 968. The molecule has 0 spiro atoms. The van der Waals surface area contributed by atoms with E-state index in [1.165, 1.54) is 4.90 Å². The second-order valence-corrected chi connectivity index (χ2v) is 9.93. The van der Waals surface area contributed by atoms with Crippen LogP contribution in [-0.4, -0.2) is 77.9 Å². The molecule has 1 unspecified atom stereocenters. The van der Waals surface area contributed by atoms with Crippen molar-refractivity contribution in [2.24, 2.45) is 11.7 Å². The van der Waals surface area contributed by atoms with Gasteiger partial charge in [0, 0.05) is 23.7 Å². The fourth-order valence-electron chi connectivity index (χ4n) is 4.29. The maximum absolute atomic E-state index is 13.4. The predicted molar refractivity (Wildman–Crippen MR) is 141 cm³/mol. The minimum absolute atomic E-state index is 0.0641. The van der Waals surface area contributed by atoms with Crippen molar-refractivity contribution in [2.45, 2.75) is 70.5 Å². The fourth-order valence-corrected chi connectivity index (χ4v) is 4.48. The van der Waals surface area contributed by atoms with E-state index in [0.29, 0.717) is 42.9 Å². The lowest BCUT2D eigenvalue weighted by Crippen LogP contribution is -2.58. The minimum atomic E-state index is -1.29. The van der Waals surface area contributed by atoms with Crippen molar-refractivity contribution in [1.29, 1.82) is 5.41 Å². The Labute approximate surface area is 227 Å². The van der Waals surface area contributed by atoms with E-state index in [4.69, 9.17) is 27.5 Å². The number of alkyl carbamates (subject to hydrolysis) is 1. The van der Waals surface area contributed by atoms with Crippen molar-refractivity contribution in [3.05, 3.63) is 34.9 Å². The molecule has 2 rings (SSSR count). The largest absolute Gasteiger partial charge is 0.445 e. The molecule has 4 atom stereocenters.